The smallest absolute Gasteiger partial charge is 0.262 e. The van der Waals surface area contributed by atoms with Crippen molar-refractivity contribution in [2.75, 3.05) is 5.32 Å². The van der Waals surface area contributed by atoms with Crippen molar-refractivity contribution in [3.63, 3.8) is 0 Å². The summed E-state index contributed by atoms with van der Waals surface area (Å²) in [5, 5.41) is 6.24. The van der Waals surface area contributed by atoms with E-state index in [1.807, 2.05) is 37.3 Å². The number of fused-ring (bicyclic) bond motifs is 1. The topological polar surface area (TPSA) is 93.1 Å². The molecule has 0 saturated heterocycles. The van der Waals surface area contributed by atoms with E-state index in [2.05, 4.69) is 15.6 Å². The van der Waals surface area contributed by atoms with E-state index in [9.17, 15) is 14.4 Å². The Morgan fingerprint density at radius 1 is 1.12 bits per heavy atom. The van der Waals surface area contributed by atoms with Crippen LogP contribution in [0.3, 0.4) is 0 Å². The molecule has 2 aromatic heterocycles. The van der Waals surface area contributed by atoms with Crippen molar-refractivity contribution in [2.24, 2.45) is 0 Å². The Morgan fingerprint density at radius 2 is 1.91 bits per heavy atom. The molecule has 2 aromatic carbocycles. The summed E-state index contributed by atoms with van der Waals surface area (Å²) in [6.45, 7) is 1.74. The Bertz CT molecular complexity index is 1420. The highest BCUT2D eigenvalue weighted by molar-refractivity contribution is 7.22. The number of hydrogen-bond acceptors (Lipinski definition) is 5. The van der Waals surface area contributed by atoms with Gasteiger partial charge in [0.05, 0.1) is 11.7 Å². The van der Waals surface area contributed by atoms with Crippen LogP contribution in [-0.2, 0) is 11.3 Å². The lowest BCUT2D eigenvalue weighted by atomic mass is 10.1. The van der Waals surface area contributed by atoms with E-state index in [0.29, 0.717) is 21.5 Å². The lowest BCUT2D eigenvalue weighted by Gasteiger charge is -2.09. The van der Waals surface area contributed by atoms with Crippen LogP contribution in [0.4, 0.5) is 5.69 Å². The number of thiophene rings is 1. The summed E-state index contributed by atoms with van der Waals surface area (Å²) < 4.78 is 1.32. The van der Waals surface area contributed by atoms with E-state index in [1.54, 1.807) is 24.3 Å². The zero-order valence-corrected chi connectivity index (χ0v) is 18.8. The van der Waals surface area contributed by atoms with Gasteiger partial charge in [-0.05, 0) is 49.1 Å². The van der Waals surface area contributed by atoms with Gasteiger partial charge in [0.25, 0.3) is 11.5 Å². The maximum Gasteiger partial charge on any atom is 0.262 e. The number of aryl methyl sites for hydroxylation is 1. The summed E-state index contributed by atoms with van der Waals surface area (Å²) in [5.74, 6) is -0.518. The molecule has 0 bridgehead atoms. The summed E-state index contributed by atoms with van der Waals surface area (Å²) in [6, 6.07) is 16.9. The Labute approximate surface area is 194 Å². The summed E-state index contributed by atoms with van der Waals surface area (Å²) >= 11 is 1.47. The van der Waals surface area contributed by atoms with E-state index in [-0.39, 0.29) is 30.0 Å². The number of nitrogens with zero attached hydrogens (tertiary/aromatic N) is 2. The fourth-order valence-electron chi connectivity index (χ4n) is 3.73. The first-order valence-corrected chi connectivity index (χ1v) is 11.6. The Balaban J connectivity index is 1.35. The van der Waals surface area contributed by atoms with Crippen molar-refractivity contribution in [1.82, 2.24) is 14.9 Å². The SMILES string of the molecule is Cc1c(-c2ccccc2)sc2ncn(CC(=O)Nc3cccc(C(=O)NC4CC4)c3)c(=O)c12. The van der Waals surface area contributed by atoms with Crippen LogP contribution in [0.2, 0.25) is 0 Å². The van der Waals surface area contributed by atoms with Crippen LogP contribution in [0.25, 0.3) is 20.7 Å². The number of aromatic nitrogens is 2. The Kier molecular flexibility index (Phi) is 5.51. The monoisotopic (exact) mass is 458 g/mol. The Morgan fingerprint density at radius 3 is 2.67 bits per heavy atom. The maximum atomic E-state index is 13.1. The van der Waals surface area contributed by atoms with Gasteiger partial charge in [0, 0.05) is 22.2 Å². The molecule has 0 aliphatic heterocycles. The normalized spacial score (nSPS) is 13.1. The first kappa shape index (κ1) is 21.1. The van der Waals surface area contributed by atoms with Crippen LogP contribution in [0.1, 0.15) is 28.8 Å². The van der Waals surface area contributed by atoms with E-state index in [4.69, 9.17) is 0 Å². The molecule has 166 valence electrons. The summed E-state index contributed by atoms with van der Waals surface area (Å²) in [5.41, 5.74) is 2.64. The minimum absolute atomic E-state index is 0.151. The van der Waals surface area contributed by atoms with E-state index >= 15 is 0 Å². The number of carbonyl (C=O) groups excluding carboxylic acids is 2. The molecule has 1 fully saturated rings. The van der Waals surface area contributed by atoms with E-state index in [1.165, 1.54) is 22.2 Å². The first-order chi connectivity index (χ1) is 16.0. The van der Waals surface area contributed by atoms with Crippen molar-refractivity contribution >= 4 is 39.1 Å². The van der Waals surface area contributed by atoms with Crippen LogP contribution in [0, 0.1) is 6.92 Å². The highest BCUT2D eigenvalue weighted by Crippen LogP contribution is 2.35. The van der Waals surface area contributed by atoms with Gasteiger partial charge in [0.15, 0.2) is 0 Å². The molecule has 0 spiro atoms. The van der Waals surface area contributed by atoms with Crippen LogP contribution in [-0.4, -0.2) is 27.4 Å². The molecule has 4 aromatic rings. The lowest BCUT2D eigenvalue weighted by Crippen LogP contribution is -2.28. The zero-order valence-electron chi connectivity index (χ0n) is 18.0. The van der Waals surface area contributed by atoms with Crippen LogP contribution < -0.4 is 16.2 Å². The van der Waals surface area contributed by atoms with Crippen LogP contribution >= 0.6 is 11.3 Å². The van der Waals surface area contributed by atoms with Gasteiger partial charge in [-0.15, -0.1) is 11.3 Å². The molecule has 1 saturated carbocycles. The highest BCUT2D eigenvalue weighted by atomic mass is 32.1. The second-order valence-corrected chi connectivity index (χ2v) is 9.16. The number of benzene rings is 2. The third-order valence-corrected chi connectivity index (χ3v) is 6.84. The maximum absolute atomic E-state index is 13.1. The first-order valence-electron chi connectivity index (χ1n) is 10.7. The molecule has 5 rings (SSSR count). The number of carbonyl (C=O) groups is 2. The van der Waals surface area contributed by atoms with Gasteiger partial charge >= 0.3 is 0 Å². The molecular formula is C25H22N4O3S. The van der Waals surface area contributed by atoms with Crippen molar-refractivity contribution < 1.29 is 9.59 Å². The van der Waals surface area contributed by atoms with E-state index < -0.39 is 0 Å². The summed E-state index contributed by atoms with van der Waals surface area (Å²) in [7, 11) is 0. The lowest BCUT2D eigenvalue weighted by molar-refractivity contribution is -0.116. The minimum atomic E-state index is -0.367. The zero-order chi connectivity index (χ0) is 22.9. The number of nitrogens with one attached hydrogen (secondary N) is 2. The third-order valence-electron chi connectivity index (χ3n) is 5.59. The molecule has 1 aliphatic carbocycles. The number of amides is 2. The quantitative estimate of drug-likeness (QED) is 0.457. The molecule has 0 unspecified atom stereocenters. The van der Waals surface area contributed by atoms with Gasteiger partial charge < -0.3 is 10.6 Å². The summed E-state index contributed by atoms with van der Waals surface area (Å²) in [4.78, 5) is 44.1. The molecule has 7 nitrogen and oxygen atoms in total. The average molecular weight is 459 g/mol. The Hall–Kier alpha value is -3.78. The van der Waals surface area contributed by atoms with Gasteiger partial charge in [0.2, 0.25) is 5.91 Å². The second-order valence-electron chi connectivity index (χ2n) is 8.16. The molecule has 33 heavy (non-hydrogen) atoms. The van der Waals surface area contributed by atoms with Gasteiger partial charge in [-0.1, -0.05) is 36.4 Å². The van der Waals surface area contributed by atoms with Gasteiger partial charge in [-0.2, -0.15) is 0 Å². The number of anilines is 1. The fraction of sp³-hybridized carbons (Fsp3) is 0.200. The fourth-order valence-corrected chi connectivity index (χ4v) is 4.87. The van der Waals surface area contributed by atoms with Crippen molar-refractivity contribution in [3.05, 3.63) is 82.4 Å². The predicted molar refractivity (Wildman–Crippen MR) is 130 cm³/mol. The van der Waals surface area contributed by atoms with Crippen LogP contribution in [0.15, 0.2) is 65.7 Å². The summed E-state index contributed by atoms with van der Waals surface area (Å²) in [6.07, 6.45) is 3.42. The third kappa shape index (κ3) is 4.42. The van der Waals surface area contributed by atoms with Gasteiger partial charge in [0.1, 0.15) is 11.4 Å². The second kappa shape index (κ2) is 8.63. The molecule has 1 aliphatic rings. The van der Waals surface area contributed by atoms with Crippen molar-refractivity contribution in [3.8, 4) is 10.4 Å². The van der Waals surface area contributed by atoms with Crippen molar-refractivity contribution in [2.45, 2.75) is 32.4 Å². The van der Waals surface area contributed by atoms with Gasteiger partial charge in [-0.3, -0.25) is 19.0 Å². The molecule has 0 atom stereocenters. The predicted octanol–water partition coefficient (Wildman–Crippen LogP) is 3.96. The largest absolute Gasteiger partial charge is 0.349 e. The molecular weight excluding hydrogens is 436 g/mol. The van der Waals surface area contributed by atoms with E-state index in [0.717, 1.165) is 28.8 Å². The standard InChI is InChI=1S/C25H22N4O3S/c1-15-21-24(33-22(15)16-6-3-2-4-7-16)26-14-29(25(21)32)13-20(30)27-19-9-5-8-17(12-19)23(31)28-18-10-11-18/h2-9,12,14,18H,10-11,13H2,1H3,(H,27,30)(H,28,31). The minimum Gasteiger partial charge on any atom is -0.349 e. The molecule has 0 radical (unpaired) electrons. The van der Waals surface area contributed by atoms with Gasteiger partial charge in [-0.25, -0.2) is 4.98 Å². The number of rotatable bonds is 6. The van der Waals surface area contributed by atoms with Crippen LogP contribution in [0.5, 0.6) is 0 Å². The molecule has 2 amide bonds. The average Bonchev–Trinajstić information content (AvgIpc) is 3.57. The molecule has 2 heterocycles. The molecule has 8 heteroatoms. The molecule has 2 N–H and O–H groups in total. The van der Waals surface area contributed by atoms with Crippen molar-refractivity contribution in [1.29, 1.82) is 0 Å². The highest BCUT2D eigenvalue weighted by Gasteiger charge is 2.24. The number of hydrogen-bond donors (Lipinski definition) is 2.